The first-order chi connectivity index (χ1) is 14.3. The van der Waals surface area contributed by atoms with Crippen LogP contribution in [-0.4, -0.2) is 20.4 Å². The van der Waals surface area contributed by atoms with Crippen LogP contribution in [0.3, 0.4) is 0 Å². The Balaban J connectivity index is 1.57. The molecular formula is C21H15F3N4OS. The van der Waals surface area contributed by atoms with Crippen LogP contribution in [0.4, 0.5) is 18.9 Å². The van der Waals surface area contributed by atoms with Gasteiger partial charge in [0.25, 0.3) is 5.91 Å². The first-order valence-electron chi connectivity index (χ1n) is 8.82. The summed E-state index contributed by atoms with van der Waals surface area (Å²) >= 11 is 1.34. The van der Waals surface area contributed by atoms with E-state index >= 15 is 0 Å². The highest BCUT2D eigenvalue weighted by Gasteiger charge is 2.30. The van der Waals surface area contributed by atoms with Crippen LogP contribution < -0.4 is 5.32 Å². The zero-order valence-electron chi connectivity index (χ0n) is 15.6. The maximum atomic E-state index is 13.0. The molecule has 5 nitrogen and oxygen atoms in total. The number of nitrogens with zero attached hydrogens (tertiary/aromatic N) is 3. The number of anilines is 1. The molecule has 0 fully saturated rings. The van der Waals surface area contributed by atoms with Gasteiger partial charge in [0.1, 0.15) is 11.5 Å². The second-order valence-corrected chi connectivity index (χ2v) is 7.23. The lowest BCUT2D eigenvalue weighted by molar-refractivity contribution is -0.137. The van der Waals surface area contributed by atoms with Crippen LogP contribution in [0.2, 0.25) is 0 Å². The van der Waals surface area contributed by atoms with E-state index in [4.69, 9.17) is 0 Å². The first-order valence-corrected chi connectivity index (χ1v) is 9.76. The van der Waals surface area contributed by atoms with E-state index in [-0.39, 0.29) is 5.91 Å². The van der Waals surface area contributed by atoms with Gasteiger partial charge in [-0.15, -0.1) is 11.3 Å². The van der Waals surface area contributed by atoms with Crippen molar-refractivity contribution in [2.75, 3.05) is 5.32 Å². The zero-order valence-corrected chi connectivity index (χ0v) is 16.5. The summed E-state index contributed by atoms with van der Waals surface area (Å²) in [7, 11) is 1.75. The average Bonchev–Trinajstić information content (AvgIpc) is 3.38. The quantitative estimate of drug-likeness (QED) is 0.468. The number of alkyl halides is 3. The molecule has 0 aliphatic carbocycles. The standard InChI is InChI=1S/C21H15F3N4OS/c1-28-18(14-3-2-4-15(9-14)21(22,23)24)10-25-19(28)13-5-7-16(8-6-13)27-20(29)17-11-30-12-26-17/h2-12H,1H3,(H,27,29). The Morgan fingerprint density at radius 3 is 2.50 bits per heavy atom. The van der Waals surface area contributed by atoms with Gasteiger partial charge in [0.05, 0.1) is 23.0 Å². The molecule has 0 aliphatic heterocycles. The summed E-state index contributed by atoms with van der Waals surface area (Å²) in [6.07, 6.45) is -2.86. The third-order valence-corrected chi connectivity index (χ3v) is 5.13. The second kappa shape index (κ2) is 7.75. The lowest BCUT2D eigenvalue weighted by Crippen LogP contribution is -2.11. The minimum absolute atomic E-state index is 0.298. The number of hydrogen-bond acceptors (Lipinski definition) is 4. The number of carbonyl (C=O) groups excluding carboxylic acids is 1. The topological polar surface area (TPSA) is 59.8 Å². The smallest absolute Gasteiger partial charge is 0.327 e. The van der Waals surface area contributed by atoms with Gasteiger partial charge in [0.2, 0.25) is 0 Å². The summed E-state index contributed by atoms with van der Waals surface area (Å²) in [5, 5.41) is 4.42. The van der Waals surface area contributed by atoms with Crippen LogP contribution >= 0.6 is 11.3 Å². The van der Waals surface area contributed by atoms with E-state index in [1.807, 2.05) is 0 Å². The van der Waals surface area contributed by atoms with Gasteiger partial charge in [0.15, 0.2) is 0 Å². The SMILES string of the molecule is Cn1c(-c2cccc(C(F)(F)F)c2)cnc1-c1ccc(NC(=O)c2cscn2)cc1. The Kier molecular flexibility index (Phi) is 5.13. The predicted molar refractivity (Wildman–Crippen MR) is 109 cm³/mol. The Morgan fingerprint density at radius 2 is 1.83 bits per heavy atom. The average molecular weight is 428 g/mol. The lowest BCUT2D eigenvalue weighted by atomic mass is 10.1. The lowest BCUT2D eigenvalue weighted by Gasteiger charge is -2.10. The van der Waals surface area contributed by atoms with Crippen molar-refractivity contribution in [3.8, 4) is 22.6 Å². The summed E-state index contributed by atoms with van der Waals surface area (Å²) in [5.41, 5.74) is 3.59. The Morgan fingerprint density at radius 1 is 1.07 bits per heavy atom. The maximum Gasteiger partial charge on any atom is 0.416 e. The zero-order chi connectivity index (χ0) is 21.3. The van der Waals surface area contributed by atoms with Gasteiger partial charge in [-0.2, -0.15) is 13.2 Å². The molecule has 9 heteroatoms. The number of halogens is 3. The Hall–Kier alpha value is -3.46. The van der Waals surface area contributed by atoms with Crippen LogP contribution in [0.1, 0.15) is 16.1 Å². The summed E-state index contributed by atoms with van der Waals surface area (Å²) in [6.45, 7) is 0. The molecule has 0 atom stereocenters. The second-order valence-electron chi connectivity index (χ2n) is 6.51. The van der Waals surface area contributed by atoms with Gasteiger partial charge >= 0.3 is 6.18 Å². The van der Waals surface area contributed by atoms with Crippen molar-refractivity contribution >= 4 is 22.9 Å². The third-order valence-electron chi connectivity index (χ3n) is 4.54. The van der Waals surface area contributed by atoms with E-state index < -0.39 is 11.7 Å². The van der Waals surface area contributed by atoms with E-state index in [2.05, 4.69) is 15.3 Å². The normalized spacial score (nSPS) is 11.5. The van der Waals surface area contributed by atoms with Gasteiger partial charge in [-0.05, 0) is 36.4 Å². The van der Waals surface area contributed by atoms with Gasteiger partial charge < -0.3 is 9.88 Å². The molecule has 0 spiro atoms. The third kappa shape index (κ3) is 3.97. The van der Waals surface area contributed by atoms with Crippen molar-refractivity contribution in [1.29, 1.82) is 0 Å². The molecule has 1 N–H and O–H groups in total. The van der Waals surface area contributed by atoms with Crippen molar-refractivity contribution in [3.05, 3.63) is 76.9 Å². The molecular weight excluding hydrogens is 413 g/mol. The van der Waals surface area contributed by atoms with Crippen LogP contribution in [0.25, 0.3) is 22.6 Å². The van der Waals surface area contributed by atoms with E-state index in [0.717, 1.165) is 17.7 Å². The molecule has 30 heavy (non-hydrogen) atoms. The van der Waals surface area contributed by atoms with Crippen LogP contribution in [0, 0.1) is 0 Å². The number of aromatic nitrogens is 3. The molecule has 0 aliphatic rings. The molecule has 0 saturated heterocycles. The summed E-state index contributed by atoms with van der Waals surface area (Å²) in [4.78, 5) is 20.4. The van der Waals surface area contributed by atoms with Crippen molar-refractivity contribution < 1.29 is 18.0 Å². The molecule has 0 unspecified atom stereocenters. The molecule has 2 aromatic carbocycles. The molecule has 4 rings (SSSR count). The first kappa shape index (κ1) is 19.8. The molecule has 0 radical (unpaired) electrons. The summed E-state index contributed by atoms with van der Waals surface area (Å²) in [6, 6.07) is 12.2. The number of nitrogens with one attached hydrogen (secondary N) is 1. The van der Waals surface area contributed by atoms with Crippen LogP contribution in [-0.2, 0) is 13.2 Å². The Labute approximate surface area is 173 Å². The van der Waals surface area contributed by atoms with Gasteiger partial charge in [-0.1, -0.05) is 12.1 Å². The van der Waals surface area contributed by atoms with Gasteiger partial charge in [-0.25, -0.2) is 9.97 Å². The highest BCUT2D eigenvalue weighted by molar-refractivity contribution is 7.07. The number of rotatable bonds is 4. The number of benzene rings is 2. The van der Waals surface area contributed by atoms with E-state index in [0.29, 0.717) is 28.5 Å². The summed E-state index contributed by atoms with van der Waals surface area (Å²) in [5.74, 6) is 0.299. The summed E-state index contributed by atoms with van der Waals surface area (Å²) < 4.78 is 40.8. The van der Waals surface area contributed by atoms with Crippen molar-refractivity contribution in [3.63, 3.8) is 0 Å². The van der Waals surface area contributed by atoms with Gasteiger partial charge in [0, 0.05) is 29.2 Å². The van der Waals surface area contributed by atoms with E-state index in [1.165, 1.54) is 17.4 Å². The monoisotopic (exact) mass is 428 g/mol. The highest BCUT2D eigenvalue weighted by atomic mass is 32.1. The highest BCUT2D eigenvalue weighted by Crippen LogP contribution is 2.33. The maximum absolute atomic E-state index is 13.0. The number of amides is 1. The van der Waals surface area contributed by atoms with E-state index in [9.17, 15) is 18.0 Å². The molecule has 0 saturated carbocycles. The molecule has 2 heterocycles. The number of carbonyl (C=O) groups is 1. The number of thiazole rings is 1. The van der Waals surface area contributed by atoms with Gasteiger partial charge in [-0.3, -0.25) is 4.79 Å². The van der Waals surface area contributed by atoms with Crippen LogP contribution in [0.15, 0.2) is 65.6 Å². The molecule has 152 valence electrons. The number of imidazole rings is 1. The molecule has 2 aromatic heterocycles. The molecule has 0 bridgehead atoms. The minimum Gasteiger partial charge on any atom is -0.327 e. The predicted octanol–water partition coefficient (Wildman–Crippen LogP) is 5.48. The van der Waals surface area contributed by atoms with Crippen LogP contribution in [0.5, 0.6) is 0 Å². The fraction of sp³-hybridized carbons (Fsp3) is 0.0952. The largest absolute Gasteiger partial charge is 0.416 e. The number of hydrogen-bond donors (Lipinski definition) is 1. The Bertz CT molecular complexity index is 1180. The van der Waals surface area contributed by atoms with E-state index in [1.54, 1.807) is 59.0 Å². The fourth-order valence-corrected chi connectivity index (χ4v) is 3.56. The minimum atomic E-state index is -4.41. The fourth-order valence-electron chi connectivity index (χ4n) is 3.02. The molecule has 1 amide bonds. The van der Waals surface area contributed by atoms with Crippen molar-refractivity contribution in [1.82, 2.24) is 14.5 Å². The van der Waals surface area contributed by atoms with Crippen molar-refractivity contribution in [2.24, 2.45) is 7.05 Å². The molecule has 4 aromatic rings. The van der Waals surface area contributed by atoms with Crippen molar-refractivity contribution in [2.45, 2.75) is 6.18 Å².